The SMILES string of the molecule is N#Cc1ccc(CN2CCOCCC2=O)c(F)c1. The van der Waals surface area contributed by atoms with Gasteiger partial charge >= 0.3 is 0 Å². The Morgan fingerprint density at radius 3 is 3.00 bits per heavy atom. The Balaban J connectivity index is 2.13. The van der Waals surface area contributed by atoms with Crippen LogP contribution in [0.25, 0.3) is 0 Å². The lowest BCUT2D eigenvalue weighted by atomic mass is 10.1. The van der Waals surface area contributed by atoms with Gasteiger partial charge in [0.2, 0.25) is 5.91 Å². The number of carbonyl (C=O) groups is 1. The molecular weight excluding hydrogens is 235 g/mol. The summed E-state index contributed by atoms with van der Waals surface area (Å²) in [6.07, 6.45) is 0.331. The second-order valence-electron chi connectivity index (χ2n) is 4.10. The van der Waals surface area contributed by atoms with Crippen LogP contribution in [0.3, 0.4) is 0 Å². The Hall–Kier alpha value is -1.93. The van der Waals surface area contributed by atoms with E-state index >= 15 is 0 Å². The van der Waals surface area contributed by atoms with Crippen molar-refractivity contribution in [2.24, 2.45) is 0 Å². The Morgan fingerprint density at radius 2 is 2.28 bits per heavy atom. The molecule has 0 unspecified atom stereocenters. The monoisotopic (exact) mass is 248 g/mol. The summed E-state index contributed by atoms with van der Waals surface area (Å²) in [5, 5.41) is 8.66. The van der Waals surface area contributed by atoms with E-state index in [1.165, 1.54) is 6.07 Å². The van der Waals surface area contributed by atoms with E-state index in [0.717, 1.165) is 0 Å². The maximum atomic E-state index is 13.7. The topological polar surface area (TPSA) is 53.3 Å². The van der Waals surface area contributed by atoms with Crippen LogP contribution in [-0.4, -0.2) is 30.6 Å². The lowest BCUT2D eigenvalue weighted by molar-refractivity contribution is -0.131. The first-order chi connectivity index (χ1) is 8.70. The number of nitriles is 1. The Labute approximate surface area is 105 Å². The second-order valence-corrected chi connectivity index (χ2v) is 4.10. The molecule has 0 bridgehead atoms. The average molecular weight is 248 g/mol. The number of carbonyl (C=O) groups excluding carboxylic acids is 1. The van der Waals surface area contributed by atoms with Gasteiger partial charge in [0.25, 0.3) is 0 Å². The van der Waals surface area contributed by atoms with Crippen molar-refractivity contribution in [3.05, 3.63) is 35.1 Å². The standard InChI is InChI=1S/C13H13FN2O2/c14-12-7-10(8-15)1-2-11(12)9-16-4-6-18-5-3-13(16)17/h1-2,7H,3-6,9H2. The van der Waals surface area contributed by atoms with Gasteiger partial charge in [-0.05, 0) is 12.1 Å². The summed E-state index contributed by atoms with van der Waals surface area (Å²) in [5.74, 6) is -0.483. The lowest BCUT2D eigenvalue weighted by Gasteiger charge is -2.20. The predicted octanol–water partition coefficient (Wildman–Crippen LogP) is 1.45. The number of hydrogen-bond acceptors (Lipinski definition) is 3. The minimum Gasteiger partial charge on any atom is -0.379 e. The minimum absolute atomic E-state index is 0.0312. The van der Waals surface area contributed by atoms with Crippen molar-refractivity contribution in [3.63, 3.8) is 0 Å². The largest absolute Gasteiger partial charge is 0.379 e. The van der Waals surface area contributed by atoms with Crippen LogP contribution in [0.5, 0.6) is 0 Å². The number of amides is 1. The van der Waals surface area contributed by atoms with E-state index in [-0.39, 0.29) is 18.0 Å². The normalized spacial score (nSPS) is 16.2. The van der Waals surface area contributed by atoms with Gasteiger partial charge in [-0.3, -0.25) is 4.79 Å². The van der Waals surface area contributed by atoms with Gasteiger partial charge in [-0.15, -0.1) is 0 Å². The third-order valence-corrected chi connectivity index (χ3v) is 2.86. The molecule has 94 valence electrons. The molecule has 0 saturated carbocycles. The zero-order chi connectivity index (χ0) is 13.0. The fourth-order valence-corrected chi connectivity index (χ4v) is 1.84. The molecule has 1 aromatic rings. The minimum atomic E-state index is -0.452. The molecule has 0 radical (unpaired) electrons. The fraction of sp³-hybridized carbons (Fsp3) is 0.385. The third-order valence-electron chi connectivity index (χ3n) is 2.86. The van der Waals surface area contributed by atoms with Gasteiger partial charge in [0.1, 0.15) is 5.82 Å². The molecule has 1 aliphatic rings. The van der Waals surface area contributed by atoms with Gasteiger partial charge in [-0.2, -0.15) is 5.26 Å². The molecule has 1 aliphatic heterocycles. The van der Waals surface area contributed by atoms with E-state index in [1.807, 2.05) is 6.07 Å². The molecule has 2 rings (SSSR count). The zero-order valence-electron chi connectivity index (χ0n) is 9.86. The molecule has 1 heterocycles. The van der Waals surface area contributed by atoms with Crippen molar-refractivity contribution in [3.8, 4) is 6.07 Å². The average Bonchev–Trinajstić information content (AvgIpc) is 2.57. The molecule has 1 fully saturated rings. The van der Waals surface area contributed by atoms with Gasteiger partial charge in [0.05, 0.1) is 31.3 Å². The van der Waals surface area contributed by atoms with Gasteiger partial charge in [-0.1, -0.05) is 6.07 Å². The van der Waals surface area contributed by atoms with Crippen LogP contribution in [-0.2, 0) is 16.1 Å². The van der Waals surface area contributed by atoms with Crippen LogP contribution in [0.15, 0.2) is 18.2 Å². The first kappa shape index (κ1) is 12.5. The highest BCUT2D eigenvalue weighted by molar-refractivity contribution is 5.76. The molecule has 4 nitrogen and oxygen atoms in total. The molecule has 1 saturated heterocycles. The molecule has 0 aliphatic carbocycles. The van der Waals surface area contributed by atoms with E-state index in [0.29, 0.717) is 31.7 Å². The fourth-order valence-electron chi connectivity index (χ4n) is 1.84. The van der Waals surface area contributed by atoms with E-state index in [2.05, 4.69) is 0 Å². The number of nitrogens with zero attached hydrogens (tertiary/aromatic N) is 2. The van der Waals surface area contributed by atoms with E-state index in [9.17, 15) is 9.18 Å². The van der Waals surface area contributed by atoms with Gasteiger partial charge < -0.3 is 9.64 Å². The van der Waals surface area contributed by atoms with E-state index < -0.39 is 5.82 Å². The van der Waals surface area contributed by atoms with Crippen LogP contribution < -0.4 is 0 Å². The first-order valence-electron chi connectivity index (χ1n) is 5.75. The molecule has 5 heteroatoms. The number of halogens is 1. The van der Waals surface area contributed by atoms with Crippen molar-refractivity contribution < 1.29 is 13.9 Å². The summed E-state index contributed by atoms with van der Waals surface area (Å²) in [4.78, 5) is 13.3. The van der Waals surface area contributed by atoms with Gasteiger partial charge in [0, 0.05) is 18.7 Å². The Morgan fingerprint density at radius 1 is 1.44 bits per heavy atom. The van der Waals surface area contributed by atoms with Crippen molar-refractivity contribution >= 4 is 5.91 Å². The molecule has 1 aromatic carbocycles. The zero-order valence-corrected chi connectivity index (χ0v) is 9.86. The second kappa shape index (κ2) is 5.61. The van der Waals surface area contributed by atoms with Crippen molar-refractivity contribution in [2.75, 3.05) is 19.8 Å². The van der Waals surface area contributed by atoms with Gasteiger partial charge in [0.15, 0.2) is 0 Å². The Kier molecular flexibility index (Phi) is 3.90. The van der Waals surface area contributed by atoms with E-state index in [1.54, 1.807) is 17.0 Å². The maximum Gasteiger partial charge on any atom is 0.225 e. The first-order valence-corrected chi connectivity index (χ1v) is 5.75. The molecule has 0 aromatic heterocycles. The smallest absolute Gasteiger partial charge is 0.225 e. The van der Waals surface area contributed by atoms with Crippen LogP contribution in [0.4, 0.5) is 4.39 Å². The molecular formula is C13H13FN2O2. The highest BCUT2D eigenvalue weighted by Gasteiger charge is 2.18. The number of rotatable bonds is 2. The maximum absolute atomic E-state index is 13.7. The highest BCUT2D eigenvalue weighted by atomic mass is 19.1. The highest BCUT2D eigenvalue weighted by Crippen LogP contribution is 2.14. The van der Waals surface area contributed by atoms with Gasteiger partial charge in [-0.25, -0.2) is 4.39 Å². The quantitative estimate of drug-likeness (QED) is 0.796. The number of benzene rings is 1. The van der Waals surface area contributed by atoms with Crippen LogP contribution in [0.1, 0.15) is 17.5 Å². The van der Waals surface area contributed by atoms with Crippen molar-refractivity contribution in [1.82, 2.24) is 4.90 Å². The van der Waals surface area contributed by atoms with Crippen molar-refractivity contribution in [1.29, 1.82) is 5.26 Å². The molecule has 0 spiro atoms. The summed E-state index contributed by atoms with van der Waals surface area (Å²) in [5.41, 5.74) is 0.700. The predicted molar refractivity (Wildman–Crippen MR) is 62.0 cm³/mol. The summed E-state index contributed by atoms with van der Waals surface area (Å²) in [6.45, 7) is 1.59. The van der Waals surface area contributed by atoms with Crippen LogP contribution in [0.2, 0.25) is 0 Å². The summed E-state index contributed by atoms with van der Waals surface area (Å²) in [6, 6.07) is 6.17. The number of hydrogen-bond donors (Lipinski definition) is 0. The number of ether oxygens (including phenoxy) is 1. The van der Waals surface area contributed by atoms with E-state index in [4.69, 9.17) is 10.00 Å². The van der Waals surface area contributed by atoms with Crippen LogP contribution in [0, 0.1) is 17.1 Å². The summed E-state index contributed by atoms with van der Waals surface area (Å²) < 4.78 is 18.9. The van der Waals surface area contributed by atoms with Crippen molar-refractivity contribution in [2.45, 2.75) is 13.0 Å². The third kappa shape index (κ3) is 2.84. The molecule has 0 atom stereocenters. The lowest BCUT2D eigenvalue weighted by Crippen LogP contribution is -2.31. The Bertz CT molecular complexity index is 496. The molecule has 0 N–H and O–H groups in total. The van der Waals surface area contributed by atoms with Crippen LogP contribution >= 0.6 is 0 Å². The summed E-state index contributed by atoms with van der Waals surface area (Å²) >= 11 is 0. The summed E-state index contributed by atoms with van der Waals surface area (Å²) in [7, 11) is 0. The molecule has 18 heavy (non-hydrogen) atoms. The molecule has 1 amide bonds.